The fraction of sp³-hybridized carbons (Fsp3) is 0.741. The number of carboxylic acid groups (broad SMARTS) is 2. The fourth-order valence-electron chi connectivity index (χ4n) is 7.86. The van der Waals surface area contributed by atoms with E-state index in [1.165, 1.54) is 0 Å². The number of aliphatic carboxylic acids is 2. The molecule has 5 fully saturated rings. The van der Waals surface area contributed by atoms with E-state index in [1.807, 2.05) is 0 Å². The molecule has 11 heteroatoms. The average molecular weight is 534 g/mol. The number of nitrogens with one attached hydrogen (secondary N) is 1. The molecule has 0 aromatic carbocycles. The first kappa shape index (κ1) is 28.2. The Hall–Kier alpha value is -2.79. The van der Waals surface area contributed by atoms with Gasteiger partial charge in [0.1, 0.15) is 17.5 Å². The smallest absolute Gasteiger partial charge is 0.328 e. The number of ketones is 1. The van der Waals surface area contributed by atoms with Gasteiger partial charge in [-0.05, 0) is 62.8 Å². The molecule has 0 spiro atoms. The van der Waals surface area contributed by atoms with Crippen molar-refractivity contribution in [2.75, 3.05) is 13.1 Å². The number of hydrogen-bond donors (Lipinski definition) is 5. The van der Waals surface area contributed by atoms with E-state index in [9.17, 15) is 24.7 Å². The van der Waals surface area contributed by atoms with E-state index in [1.54, 1.807) is 0 Å². The predicted octanol–water partition coefficient (Wildman–Crippen LogP) is 2.60. The Morgan fingerprint density at radius 2 is 1.76 bits per heavy atom. The zero-order chi connectivity index (χ0) is 27.7. The number of carbonyl (C=O) groups is 3. The van der Waals surface area contributed by atoms with Gasteiger partial charge in [0.15, 0.2) is 0 Å². The maximum absolute atomic E-state index is 12.6. The summed E-state index contributed by atoms with van der Waals surface area (Å²) in [5.41, 5.74) is -0.479. The van der Waals surface area contributed by atoms with Crippen LogP contribution in [0.15, 0.2) is 22.5 Å². The zero-order valence-corrected chi connectivity index (χ0v) is 22.1. The molecule has 5 aliphatic rings. The minimum atomic E-state index is -1.26. The standard InChI is InChI=1S/C23H35N3O4.C4H4O4/c1-21-8-6-18-16(17(21)3-4-20(21)27)11-19(25-29)23(28)12-14(5-9-22(18,23)2)26-30-15-7-10-24-13-15;5-3(6)1-2-4(7)8/h15-18,24,28-29H,3-13H2,1-2H3;1-2H,(H,5,6)(H,7,8)/b25-19+,26-14?;2-1+/t15-,16+,17+,18+,21+,22-,23+;/m1./s1. The number of nitrogens with zero attached hydrogens (tertiary/aromatic N) is 2. The van der Waals surface area contributed by atoms with Gasteiger partial charge >= 0.3 is 11.9 Å². The van der Waals surface area contributed by atoms with Crippen molar-refractivity contribution in [3.63, 3.8) is 0 Å². The summed E-state index contributed by atoms with van der Waals surface area (Å²) in [5, 5.41) is 48.8. The van der Waals surface area contributed by atoms with E-state index < -0.39 is 17.5 Å². The largest absolute Gasteiger partial charge is 0.478 e. The van der Waals surface area contributed by atoms with Gasteiger partial charge in [0.05, 0.1) is 11.4 Å². The highest BCUT2D eigenvalue weighted by Crippen LogP contribution is 2.65. The lowest BCUT2D eigenvalue weighted by Gasteiger charge is -2.62. The Balaban J connectivity index is 0.000000368. The van der Waals surface area contributed by atoms with Crippen LogP contribution >= 0.6 is 0 Å². The summed E-state index contributed by atoms with van der Waals surface area (Å²) in [6.07, 6.45) is 8.16. The first-order valence-corrected chi connectivity index (χ1v) is 13.5. The second-order valence-electron chi connectivity index (χ2n) is 11.9. The molecule has 1 heterocycles. The fourth-order valence-corrected chi connectivity index (χ4v) is 7.86. The van der Waals surface area contributed by atoms with Crippen molar-refractivity contribution in [1.82, 2.24) is 5.32 Å². The molecule has 38 heavy (non-hydrogen) atoms. The highest BCUT2D eigenvalue weighted by Gasteiger charge is 2.66. The van der Waals surface area contributed by atoms with E-state index >= 15 is 0 Å². The molecule has 5 rings (SSSR count). The zero-order valence-electron chi connectivity index (χ0n) is 22.1. The molecule has 0 amide bonds. The van der Waals surface area contributed by atoms with Gasteiger partial charge in [0, 0.05) is 48.8 Å². The van der Waals surface area contributed by atoms with E-state index in [0.717, 1.165) is 57.3 Å². The summed E-state index contributed by atoms with van der Waals surface area (Å²) in [6, 6.07) is 0. The van der Waals surface area contributed by atoms with E-state index in [4.69, 9.17) is 15.1 Å². The van der Waals surface area contributed by atoms with Crippen molar-refractivity contribution in [1.29, 1.82) is 0 Å². The summed E-state index contributed by atoms with van der Waals surface area (Å²) in [6.45, 7) is 6.07. The summed E-state index contributed by atoms with van der Waals surface area (Å²) in [4.78, 5) is 37.5. The van der Waals surface area contributed by atoms with Gasteiger partial charge in [-0.15, -0.1) is 0 Å². The van der Waals surface area contributed by atoms with Crippen molar-refractivity contribution in [2.24, 2.45) is 38.9 Å². The maximum atomic E-state index is 12.6. The van der Waals surface area contributed by atoms with Crippen LogP contribution in [0.2, 0.25) is 0 Å². The van der Waals surface area contributed by atoms with Gasteiger partial charge in [-0.1, -0.05) is 24.2 Å². The third-order valence-electron chi connectivity index (χ3n) is 10.0. The van der Waals surface area contributed by atoms with Crippen LogP contribution in [0, 0.1) is 28.6 Å². The van der Waals surface area contributed by atoms with Crippen LogP contribution in [0.25, 0.3) is 0 Å². The van der Waals surface area contributed by atoms with Gasteiger partial charge in [-0.2, -0.15) is 0 Å². The lowest BCUT2D eigenvalue weighted by molar-refractivity contribution is -0.146. The number of hydrogen-bond acceptors (Lipinski definition) is 9. The number of carboxylic acids is 2. The Morgan fingerprint density at radius 1 is 1.05 bits per heavy atom. The summed E-state index contributed by atoms with van der Waals surface area (Å²) in [5.74, 6) is -1.16. The summed E-state index contributed by atoms with van der Waals surface area (Å²) in [7, 11) is 0. The molecular weight excluding hydrogens is 494 g/mol. The Morgan fingerprint density at radius 3 is 2.37 bits per heavy atom. The normalized spacial score (nSPS) is 42.2. The second-order valence-corrected chi connectivity index (χ2v) is 11.9. The maximum Gasteiger partial charge on any atom is 0.328 e. The van der Waals surface area contributed by atoms with E-state index in [0.29, 0.717) is 60.7 Å². The van der Waals surface area contributed by atoms with Crippen LogP contribution in [0.3, 0.4) is 0 Å². The molecule has 210 valence electrons. The van der Waals surface area contributed by atoms with Crippen LogP contribution in [0.5, 0.6) is 0 Å². The third-order valence-corrected chi connectivity index (χ3v) is 10.0. The Bertz CT molecular complexity index is 1030. The lowest BCUT2D eigenvalue weighted by Crippen LogP contribution is -2.66. The molecule has 0 unspecified atom stereocenters. The van der Waals surface area contributed by atoms with E-state index in [-0.39, 0.29) is 16.9 Å². The quantitative estimate of drug-likeness (QED) is 0.206. The molecule has 1 aliphatic heterocycles. The number of rotatable bonds is 4. The third kappa shape index (κ3) is 4.98. The van der Waals surface area contributed by atoms with Gasteiger partial charge in [-0.3, -0.25) is 4.79 Å². The van der Waals surface area contributed by atoms with Gasteiger partial charge in [0.2, 0.25) is 0 Å². The topological polar surface area (TPSA) is 178 Å². The molecule has 0 radical (unpaired) electrons. The Labute approximate surface area is 222 Å². The van der Waals surface area contributed by atoms with Crippen molar-refractivity contribution in [3.05, 3.63) is 12.2 Å². The SMILES string of the molecule is C[C@]12CC[C@H]3[C@@H](C/C(=N\O)[C@@]4(O)CC(=NO[C@@H]5CCNC5)CC[C@]34C)[C@@H]1CCC2=O.O=C(O)/C=C/C(=O)O. The minimum absolute atomic E-state index is 0.0955. The molecule has 0 aromatic rings. The molecule has 0 bridgehead atoms. The van der Waals surface area contributed by atoms with Crippen LogP contribution < -0.4 is 5.32 Å². The summed E-state index contributed by atoms with van der Waals surface area (Å²) < 4.78 is 0. The van der Waals surface area contributed by atoms with Gasteiger partial charge < -0.3 is 30.7 Å². The van der Waals surface area contributed by atoms with Crippen molar-refractivity contribution in [3.8, 4) is 0 Å². The molecule has 4 aliphatic carbocycles. The molecule has 7 atom stereocenters. The molecule has 11 nitrogen and oxygen atoms in total. The molecule has 1 saturated heterocycles. The first-order chi connectivity index (χ1) is 17.9. The van der Waals surface area contributed by atoms with Crippen LogP contribution in [-0.2, 0) is 19.2 Å². The van der Waals surface area contributed by atoms with E-state index in [2.05, 4.69) is 29.5 Å². The predicted molar refractivity (Wildman–Crippen MR) is 137 cm³/mol. The molecule has 4 saturated carbocycles. The summed E-state index contributed by atoms with van der Waals surface area (Å²) >= 11 is 0. The van der Waals surface area contributed by atoms with Crippen LogP contribution in [-0.4, -0.2) is 74.5 Å². The van der Waals surface area contributed by atoms with Crippen LogP contribution in [0.4, 0.5) is 0 Å². The Kier molecular flexibility index (Phi) is 7.99. The molecule has 0 aromatic heterocycles. The highest BCUT2D eigenvalue weighted by molar-refractivity contribution is 6.01. The second kappa shape index (κ2) is 10.8. The van der Waals surface area contributed by atoms with Crippen molar-refractivity contribution in [2.45, 2.75) is 83.3 Å². The first-order valence-electron chi connectivity index (χ1n) is 13.5. The average Bonchev–Trinajstić information content (AvgIpc) is 3.50. The number of aliphatic hydroxyl groups is 1. The number of oxime groups is 2. The number of Topliss-reactive ketones (excluding diaryl/α,β-unsaturated/α-hetero) is 1. The number of fused-ring (bicyclic) bond motifs is 5. The lowest BCUT2D eigenvalue weighted by atomic mass is 9.43. The van der Waals surface area contributed by atoms with Crippen LogP contribution in [0.1, 0.15) is 71.6 Å². The van der Waals surface area contributed by atoms with Crippen molar-refractivity contribution < 1.29 is 39.7 Å². The highest BCUT2D eigenvalue weighted by atomic mass is 16.6. The molecular formula is C27H39N3O8. The van der Waals surface area contributed by atoms with Crippen molar-refractivity contribution >= 4 is 29.1 Å². The minimum Gasteiger partial charge on any atom is -0.478 e. The van der Waals surface area contributed by atoms with Gasteiger partial charge in [-0.25, -0.2) is 9.59 Å². The number of carbonyl (C=O) groups excluding carboxylic acids is 1. The monoisotopic (exact) mass is 533 g/mol. The van der Waals surface area contributed by atoms with Gasteiger partial charge in [0.25, 0.3) is 0 Å². The molecule has 5 N–H and O–H groups in total.